The molecule has 80 valence electrons. The van der Waals surface area contributed by atoms with Crippen molar-refractivity contribution in [1.82, 2.24) is 9.55 Å². The molecule has 0 aliphatic rings. The number of ether oxygens (including phenoxy) is 1. The predicted octanol–water partition coefficient (Wildman–Crippen LogP) is 1.15. The lowest BCUT2D eigenvalue weighted by molar-refractivity contribution is -0.0473. The van der Waals surface area contributed by atoms with Gasteiger partial charge in [0, 0.05) is 26.0 Å². The SMILES string of the molecule is CCn1ccnc1C(O)(CC)COC. The van der Waals surface area contributed by atoms with Gasteiger partial charge in [-0.1, -0.05) is 6.92 Å². The van der Waals surface area contributed by atoms with Gasteiger partial charge in [-0.25, -0.2) is 4.98 Å². The van der Waals surface area contributed by atoms with Gasteiger partial charge in [0.05, 0.1) is 6.61 Å². The minimum atomic E-state index is -0.964. The lowest BCUT2D eigenvalue weighted by Crippen LogP contribution is -2.33. The third-order valence-corrected chi connectivity index (χ3v) is 2.44. The van der Waals surface area contributed by atoms with Gasteiger partial charge in [0.15, 0.2) is 0 Å². The molecule has 0 spiro atoms. The van der Waals surface area contributed by atoms with E-state index in [0.29, 0.717) is 12.2 Å². The summed E-state index contributed by atoms with van der Waals surface area (Å²) in [6, 6.07) is 0. The third-order valence-electron chi connectivity index (χ3n) is 2.44. The second-order valence-electron chi connectivity index (χ2n) is 3.36. The Morgan fingerprint density at radius 1 is 1.57 bits per heavy atom. The van der Waals surface area contributed by atoms with Gasteiger partial charge in [-0.2, -0.15) is 0 Å². The van der Waals surface area contributed by atoms with Crippen molar-refractivity contribution >= 4 is 0 Å². The molecule has 0 amide bonds. The molecule has 1 aromatic rings. The highest BCUT2D eigenvalue weighted by Gasteiger charge is 2.31. The molecule has 1 aromatic heterocycles. The minimum absolute atomic E-state index is 0.278. The summed E-state index contributed by atoms with van der Waals surface area (Å²) in [5.74, 6) is 0.685. The molecule has 4 heteroatoms. The largest absolute Gasteiger partial charge is 0.381 e. The highest BCUT2D eigenvalue weighted by atomic mass is 16.5. The maximum absolute atomic E-state index is 10.3. The number of hydrogen-bond donors (Lipinski definition) is 1. The first kappa shape index (κ1) is 11.2. The second-order valence-corrected chi connectivity index (χ2v) is 3.36. The van der Waals surface area contributed by atoms with Gasteiger partial charge in [-0.3, -0.25) is 0 Å². The van der Waals surface area contributed by atoms with Crippen molar-refractivity contribution in [2.24, 2.45) is 0 Å². The molecule has 0 bridgehead atoms. The molecule has 14 heavy (non-hydrogen) atoms. The van der Waals surface area contributed by atoms with E-state index >= 15 is 0 Å². The van der Waals surface area contributed by atoms with E-state index < -0.39 is 5.60 Å². The van der Waals surface area contributed by atoms with Crippen LogP contribution in [0.2, 0.25) is 0 Å². The number of aromatic nitrogens is 2. The summed E-state index contributed by atoms with van der Waals surface area (Å²) in [6.07, 6.45) is 4.17. The molecule has 1 rings (SSSR count). The first-order valence-electron chi connectivity index (χ1n) is 4.91. The maximum atomic E-state index is 10.3. The highest BCUT2D eigenvalue weighted by Crippen LogP contribution is 2.23. The van der Waals surface area contributed by atoms with Crippen molar-refractivity contribution in [2.45, 2.75) is 32.4 Å². The molecule has 0 aromatic carbocycles. The molecule has 4 nitrogen and oxygen atoms in total. The van der Waals surface area contributed by atoms with E-state index in [1.54, 1.807) is 13.3 Å². The number of imidazole rings is 1. The van der Waals surface area contributed by atoms with Crippen molar-refractivity contribution in [2.75, 3.05) is 13.7 Å². The fourth-order valence-electron chi connectivity index (χ4n) is 1.54. The molecule has 0 aliphatic carbocycles. The van der Waals surface area contributed by atoms with Crippen LogP contribution in [-0.2, 0) is 16.9 Å². The molecule has 0 saturated carbocycles. The average Bonchev–Trinajstić information content (AvgIpc) is 2.66. The number of aliphatic hydroxyl groups is 1. The number of methoxy groups -OCH3 is 1. The van der Waals surface area contributed by atoms with Crippen LogP contribution in [0.15, 0.2) is 12.4 Å². The van der Waals surface area contributed by atoms with Gasteiger partial charge in [0.2, 0.25) is 0 Å². The quantitative estimate of drug-likeness (QED) is 0.772. The molecule has 0 saturated heterocycles. The van der Waals surface area contributed by atoms with Crippen molar-refractivity contribution in [3.05, 3.63) is 18.2 Å². The van der Waals surface area contributed by atoms with Gasteiger partial charge in [-0.05, 0) is 13.3 Å². The molecular weight excluding hydrogens is 180 g/mol. The topological polar surface area (TPSA) is 47.3 Å². The van der Waals surface area contributed by atoms with E-state index in [1.807, 2.05) is 24.6 Å². The van der Waals surface area contributed by atoms with Crippen LogP contribution in [-0.4, -0.2) is 28.4 Å². The van der Waals surface area contributed by atoms with E-state index in [4.69, 9.17) is 4.74 Å². The lowest BCUT2D eigenvalue weighted by atomic mass is 10.0. The van der Waals surface area contributed by atoms with E-state index in [9.17, 15) is 5.11 Å². The van der Waals surface area contributed by atoms with Gasteiger partial charge >= 0.3 is 0 Å². The summed E-state index contributed by atoms with van der Waals surface area (Å²) in [5, 5.41) is 10.3. The first-order valence-corrected chi connectivity index (χ1v) is 4.91. The van der Waals surface area contributed by atoms with E-state index in [0.717, 1.165) is 6.54 Å². The summed E-state index contributed by atoms with van der Waals surface area (Å²) < 4.78 is 6.95. The minimum Gasteiger partial charge on any atom is -0.381 e. The first-order chi connectivity index (χ1) is 6.68. The smallest absolute Gasteiger partial charge is 0.145 e. The van der Waals surface area contributed by atoms with Crippen molar-refractivity contribution in [3.63, 3.8) is 0 Å². The molecule has 1 N–H and O–H groups in total. The zero-order valence-electron chi connectivity index (χ0n) is 9.03. The zero-order valence-corrected chi connectivity index (χ0v) is 9.03. The van der Waals surface area contributed by atoms with Crippen LogP contribution in [0.1, 0.15) is 26.1 Å². The van der Waals surface area contributed by atoms with Crippen molar-refractivity contribution < 1.29 is 9.84 Å². The third kappa shape index (κ3) is 1.96. The maximum Gasteiger partial charge on any atom is 0.145 e. The summed E-state index contributed by atoms with van der Waals surface area (Å²) in [7, 11) is 1.58. The fourth-order valence-corrected chi connectivity index (χ4v) is 1.54. The molecule has 1 atom stereocenters. The summed E-state index contributed by atoms with van der Waals surface area (Å²) in [6.45, 7) is 5.03. The van der Waals surface area contributed by atoms with Crippen molar-refractivity contribution in [3.8, 4) is 0 Å². The Bertz CT molecular complexity index is 285. The molecule has 0 fully saturated rings. The van der Waals surface area contributed by atoms with Crippen LogP contribution >= 0.6 is 0 Å². The van der Waals surface area contributed by atoms with Crippen LogP contribution in [0.5, 0.6) is 0 Å². The molecular formula is C10H18N2O2. The zero-order chi connectivity index (χ0) is 10.6. The number of rotatable bonds is 5. The average molecular weight is 198 g/mol. The van der Waals surface area contributed by atoms with Gasteiger partial charge in [0.1, 0.15) is 11.4 Å². The van der Waals surface area contributed by atoms with E-state index in [1.165, 1.54) is 0 Å². The Balaban J connectivity index is 2.98. The number of aryl methyl sites for hydroxylation is 1. The number of hydrogen-bond acceptors (Lipinski definition) is 3. The second kappa shape index (κ2) is 4.57. The lowest BCUT2D eigenvalue weighted by Gasteiger charge is -2.25. The molecule has 0 aliphatic heterocycles. The molecule has 1 unspecified atom stereocenters. The number of nitrogens with zero attached hydrogens (tertiary/aromatic N) is 2. The normalized spacial score (nSPS) is 15.4. The van der Waals surface area contributed by atoms with Crippen molar-refractivity contribution in [1.29, 1.82) is 0 Å². The van der Waals surface area contributed by atoms with Crippen LogP contribution in [0.25, 0.3) is 0 Å². The van der Waals surface area contributed by atoms with Gasteiger partial charge < -0.3 is 14.4 Å². The van der Waals surface area contributed by atoms with Crippen LogP contribution in [0.3, 0.4) is 0 Å². The summed E-state index contributed by atoms with van der Waals surface area (Å²) in [5.41, 5.74) is -0.964. The Kier molecular flexibility index (Phi) is 3.66. The van der Waals surface area contributed by atoms with Crippen LogP contribution < -0.4 is 0 Å². The Hall–Kier alpha value is -0.870. The van der Waals surface area contributed by atoms with E-state index in [-0.39, 0.29) is 6.61 Å². The predicted molar refractivity (Wildman–Crippen MR) is 54.0 cm³/mol. The molecule has 1 heterocycles. The Labute approximate surface area is 84.5 Å². The van der Waals surface area contributed by atoms with Crippen LogP contribution in [0.4, 0.5) is 0 Å². The Morgan fingerprint density at radius 3 is 2.79 bits per heavy atom. The monoisotopic (exact) mass is 198 g/mol. The standard InChI is InChI=1S/C10H18N2O2/c1-4-10(13,8-14-3)9-11-6-7-12(9)5-2/h6-7,13H,4-5,8H2,1-3H3. The fraction of sp³-hybridized carbons (Fsp3) is 0.700. The molecule has 0 radical (unpaired) electrons. The summed E-state index contributed by atoms with van der Waals surface area (Å²) >= 11 is 0. The van der Waals surface area contributed by atoms with Gasteiger partial charge in [0.25, 0.3) is 0 Å². The van der Waals surface area contributed by atoms with E-state index in [2.05, 4.69) is 4.98 Å². The highest BCUT2D eigenvalue weighted by molar-refractivity contribution is 5.04. The Morgan fingerprint density at radius 2 is 2.29 bits per heavy atom. The van der Waals surface area contributed by atoms with Crippen LogP contribution in [0, 0.1) is 0 Å². The summed E-state index contributed by atoms with van der Waals surface area (Å²) in [4.78, 5) is 4.18. The van der Waals surface area contributed by atoms with Gasteiger partial charge in [-0.15, -0.1) is 0 Å².